The minimum atomic E-state index is 0.511. The molecule has 4 heteroatoms. The predicted molar refractivity (Wildman–Crippen MR) is 97.4 cm³/mol. The molecule has 3 N–H and O–H groups in total. The average molecular weight is 320 g/mol. The van der Waals surface area contributed by atoms with Gasteiger partial charge in [-0.15, -0.1) is 0 Å². The van der Waals surface area contributed by atoms with Gasteiger partial charge in [-0.05, 0) is 23.0 Å². The third-order valence-electron chi connectivity index (χ3n) is 5.11. The van der Waals surface area contributed by atoms with E-state index in [2.05, 4.69) is 57.7 Å². The number of fused-ring (bicyclic) bond motifs is 1. The lowest BCUT2D eigenvalue weighted by Crippen LogP contribution is -2.38. The molecule has 2 aromatic carbocycles. The molecule has 1 saturated carbocycles. The molecular weight excluding hydrogens is 296 g/mol. The van der Waals surface area contributed by atoms with Crippen LogP contribution in [0.25, 0.3) is 0 Å². The molecule has 1 heterocycles. The smallest absolute Gasteiger partial charge is 0.189 e. The SMILES string of the molecule is NC(=NCc1ccccc1)NC1C2CN(Cc3ccccc3)CC21. The number of benzene rings is 2. The number of rotatable bonds is 5. The fourth-order valence-electron chi connectivity index (χ4n) is 3.77. The Balaban J connectivity index is 1.23. The molecule has 0 radical (unpaired) electrons. The van der Waals surface area contributed by atoms with Crippen molar-refractivity contribution in [3.05, 3.63) is 71.8 Å². The Morgan fingerprint density at radius 2 is 1.54 bits per heavy atom. The highest BCUT2D eigenvalue weighted by atomic mass is 15.2. The summed E-state index contributed by atoms with van der Waals surface area (Å²) in [5.74, 6) is 2.02. The second-order valence-corrected chi connectivity index (χ2v) is 6.86. The maximum Gasteiger partial charge on any atom is 0.189 e. The van der Waals surface area contributed by atoms with Gasteiger partial charge in [0, 0.05) is 25.7 Å². The number of nitrogens with two attached hydrogens (primary N) is 1. The first kappa shape index (κ1) is 15.2. The van der Waals surface area contributed by atoms with Gasteiger partial charge in [0.05, 0.1) is 6.54 Å². The summed E-state index contributed by atoms with van der Waals surface area (Å²) < 4.78 is 0. The van der Waals surface area contributed by atoms with Crippen LogP contribution in [0.4, 0.5) is 0 Å². The minimum Gasteiger partial charge on any atom is -0.370 e. The minimum absolute atomic E-state index is 0.511. The van der Waals surface area contributed by atoms with E-state index in [4.69, 9.17) is 5.73 Å². The number of aliphatic imine (C=N–C) groups is 1. The molecule has 4 rings (SSSR count). The normalized spacial score (nSPS) is 26.2. The molecule has 0 spiro atoms. The van der Waals surface area contributed by atoms with E-state index in [1.54, 1.807) is 0 Å². The second kappa shape index (κ2) is 6.65. The molecule has 2 unspecified atom stereocenters. The summed E-state index contributed by atoms with van der Waals surface area (Å²) in [6.45, 7) is 4.01. The number of piperidine rings is 1. The van der Waals surface area contributed by atoms with E-state index in [1.807, 2.05) is 18.2 Å². The fraction of sp³-hybridized carbons (Fsp3) is 0.350. The number of likely N-dealkylation sites (tertiary alicyclic amines) is 1. The third kappa shape index (κ3) is 3.44. The first-order chi connectivity index (χ1) is 11.8. The molecule has 2 atom stereocenters. The molecule has 2 aromatic rings. The molecule has 1 aliphatic heterocycles. The summed E-state index contributed by atoms with van der Waals surface area (Å²) in [5, 5.41) is 3.41. The maximum atomic E-state index is 6.05. The van der Waals surface area contributed by atoms with Gasteiger partial charge < -0.3 is 11.1 Å². The molecule has 0 amide bonds. The molecule has 0 bridgehead atoms. The van der Waals surface area contributed by atoms with Gasteiger partial charge in [-0.2, -0.15) is 0 Å². The molecule has 124 valence electrons. The zero-order valence-corrected chi connectivity index (χ0v) is 13.8. The van der Waals surface area contributed by atoms with Crippen LogP contribution in [0, 0.1) is 11.8 Å². The summed E-state index contributed by atoms with van der Waals surface area (Å²) in [6, 6.07) is 21.4. The molecule has 2 fully saturated rings. The number of hydrogen-bond donors (Lipinski definition) is 2. The van der Waals surface area contributed by atoms with Gasteiger partial charge in [0.2, 0.25) is 0 Å². The highest BCUT2D eigenvalue weighted by Gasteiger charge is 2.55. The van der Waals surface area contributed by atoms with Crippen LogP contribution in [0.15, 0.2) is 65.7 Å². The molecule has 0 aromatic heterocycles. The first-order valence-corrected chi connectivity index (χ1v) is 8.66. The van der Waals surface area contributed by atoms with E-state index in [9.17, 15) is 0 Å². The van der Waals surface area contributed by atoms with E-state index in [-0.39, 0.29) is 0 Å². The van der Waals surface area contributed by atoms with Crippen molar-refractivity contribution in [3.63, 3.8) is 0 Å². The van der Waals surface area contributed by atoms with Crippen molar-refractivity contribution in [2.45, 2.75) is 19.1 Å². The van der Waals surface area contributed by atoms with E-state index in [0.29, 0.717) is 18.5 Å². The van der Waals surface area contributed by atoms with Crippen molar-refractivity contribution >= 4 is 5.96 Å². The van der Waals surface area contributed by atoms with Gasteiger partial charge in [0.25, 0.3) is 0 Å². The molecule has 1 saturated heterocycles. The van der Waals surface area contributed by atoms with Gasteiger partial charge in [-0.3, -0.25) is 4.90 Å². The van der Waals surface area contributed by atoms with Crippen LogP contribution in [0.1, 0.15) is 11.1 Å². The van der Waals surface area contributed by atoms with Crippen LogP contribution in [-0.2, 0) is 13.1 Å². The van der Waals surface area contributed by atoms with Crippen LogP contribution in [-0.4, -0.2) is 30.0 Å². The van der Waals surface area contributed by atoms with Gasteiger partial charge in [-0.25, -0.2) is 4.99 Å². The standard InChI is InChI=1S/C20H24N4/c21-20(22-11-15-7-3-1-4-8-15)23-19-17-13-24(14-18(17)19)12-16-9-5-2-6-10-16/h1-10,17-19H,11-14H2,(H3,21,22,23). The van der Waals surface area contributed by atoms with Crippen molar-refractivity contribution < 1.29 is 0 Å². The molecule has 4 nitrogen and oxygen atoms in total. The van der Waals surface area contributed by atoms with Gasteiger partial charge in [0.15, 0.2) is 5.96 Å². The van der Waals surface area contributed by atoms with Crippen LogP contribution in [0.3, 0.4) is 0 Å². The lowest BCUT2D eigenvalue weighted by Gasteiger charge is -2.20. The Bertz CT molecular complexity index is 686. The van der Waals surface area contributed by atoms with Crippen molar-refractivity contribution in [1.29, 1.82) is 0 Å². The summed E-state index contributed by atoms with van der Waals surface area (Å²) in [6.07, 6.45) is 0. The fourth-order valence-corrected chi connectivity index (χ4v) is 3.77. The van der Waals surface area contributed by atoms with E-state index in [1.165, 1.54) is 11.1 Å². The maximum absolute atomic E-state index is 6.05. The van der Waals surface area contributed by atoms with Gasteiger partial charge >= 0.3 is 0 Å². The quantitative estimate of drug-likeness (QED) is 0.656. The number of nitrogens with one attached hydrogen (secondary N) is 1. The Labute approximate surface area is 143 Å². The summed E-state index contributed by atoms with van der Waals surface area (Å²) in [5.41, 5.74) is 8.63. The van der Waals surface area contributed by atoms with Gasteiger partial charge in [-0.1, -0.05) is 60.7 Å². The third-order valence-corrected chi connectivity index (χ3v) is 5.11. The van der Waals surface area contributed by atoms with Crippen molar-refractivity contribution in [3.8, 4) is 0 Å². The molecular formula is C20H24N4. The second-order valence-electron chi connectivity index (χ2n) is 6.86. The van der Waals surface area contributed by atoms with Crippen LogP contribution in [0.2, 0.25) is 0 Å². The van der Waals surface area contributed by atoms with E-state index in [0.717, 1.165) is 31.5 Å². The Morgan fingerprint density at radius 1 is 0.958 bits per heavy atom. The predicted octanol–water partition coefficient (Wildman–Crippen LogP) is 2.22. The summed E-state index contributed by atoms with van der Waals surface area (Å²) >= 11 is 0. The largest absolute Gasteiger partial charge is 0.370 e. The lowest BCUT2D eigenvalue weighted by molar-refractivity contribution is 0.287. The Kier molecular flexibility index (Phi) is 4.22. The number of nitrogens with zero attached hydrogens (tertiary/aromatic N) is 2. The van der Waals surface area contributed by atoms with Crippen molar-refractivity contribution in [2.24, 2.45) is 22.6 Å². The lowest BCUT2D eigenvalue weighted by atomic mass is 10.2. The highest BCUT2D eigenvalue weighted by molar-refractivity contribution is 5.78. The Hall–Kier alpha value is -2.33. The zero-order chi connectivity index (χ0) is 16.4. The van der Waals surface area contributed by atoms with Crippen LogP contribution >= 0.6 is 0 Å². The summed E-state index contributed by atoms with van der Waals surface area (Å²) in [7, 11) is 0. The van der Waals surface area contributed by atoms with Crippen molar-refractivity contribution in [2.75, 3.05) is 13.1 Å². The van der Waals surface area contributed by atoms with E-state index >= 15 is 0 Å². The average Bonchev–Trinajstić information content (AvgIpc) is 3.05. The first-order valence-electron chi connectivity index (χ1n) is 8.66. The van der Waals surface area contributed by atoms with Crippen LogP contribution < -0.4 is 11.1 Å². The Morgan fingerprint density at radius 3 is 2.17 bits per heavy atom. The topological polar surface area (TPSA) is 53.6 Å². The molecule has 1 aliphatic carbocycles. The summed E-state index contributed by atoms with van der Waals surface area (Å²) in [4.78, 5) is 7.00. The van der Waals surface area contributed by atoms with Gasteiger partial charge in [0.1, 0.15) is 0 Å². The van der Waals surface area contributed by atoms with Crippen molar-refractivity contribution in [1.82, 2.24) is 10.2 Å². The number of guanidine groups is 1. The van der Waals surface area contributed by atoms with E-state index < -0.39 is 0 Å². The zero-order valence-electron chi connectivity index (χ0n) is 13.8. The molecule has 24 heavy (non-hydrogen) atoms. The number of hydrogen-bond acceptors (Lipinski definition) is 2. The van der Waals surface area contributed by atoms with Crippen LogP contribution in [0.5, 0.6) is 0 Å². The monoisotopic (exact) mass is 320 g/mol. The highest BCUT2D eigenvalue weighted by Crippen LogP contribution is 2.45. The molecule has 2 aliphatic rings.